The minimum absolute atomic E-state index is 0.201. The van der Waals surface area contributed by atoms with Crippen LogP contribution in [0.3, 0.4) is 0 Å². The monoisotopic (exact) mass is 324 g/mol. The van der Waals surface area contributed by atoms with Gasteiger partial charge in [-0.05, 0) is 56.5 Å². The molecule has 124 valence electrons. The maximum Gasteiger partial charge on any atom is 0.171 e. The van der Waals surface area contributed by atoms with Crippen molar-refractivity contribution >= 4 is 11.5 Å². The van der Waals surface area contributed by atoms with E-state index in [1.165, 1.54) is 0 Å². The molecule has 0 unspecified atom stereocenters. The van der Waals surface area contributed by atoms with Gasteiger partial charge in [0.1, 0.15) is 24.0 Å². The van der Waals surface area contributed by atoms with Crippen molar-refractivity contribution in [2.24, 2.45) is 0 Å². The highest BCUT2D eigenvalue weighted by Crippen LogP contribution is 2.23. The summed E-state index contributed by atoms with van der Waals surface area (Å²) in [5.74, 6) is 1.26. The second-order valence-corrected chi connectivity index (χ2v) is 5.84. The second kappa shape index (κ2) is 7.28. The van der Waals surface area contributed by atoms with Gasteiger partial charge in [0.15, 0.2) is 5.82 Å². The topological polar surface area (TPSA) is 80.1 Å². The molecule has 0 radical (unpaired) electrons. The van der Waals surface area contributed by atoms with Crippen molar-refractivity contribution in [3.63, 3.8) is 0 Å². The van der Waals surface area contributed by atoms with Gasteiger partial charge in [0.2, 0.25) is 0 Å². The molecule has 2 heterocycles. The average Bonchev–Trinajstić information content (AvgIpc) is 3.11. The van der Waals surface area contributed by atoms with Crippen molar-refractivity contribution in [2.45, 2.75) is 32.8 Å². The zero-order valence-corrected chi connectivity index (χ0v) is 13.9. The lowest BCUT2D eigenvalue weighted by Gasteiger charge is -2.12. The van der Waals surface area contributed by atoms with E-state index in [0.717, 1.165) is 42.1 Å². The molecule has 1 atom stereocenters. The van der Waals surface area contributed by atoms with Crippen molar-refractivity contribution in [3.05, 3.63) is 41.1 Å². The molecular formula is C18H20N4O2. The first kappa shape index (κ1) is 16.2. The van der Waals surface area contributed by atoms with Gasteiger partial charge in [-0.2, -0.15) is 10.4 Å². The Hall–Kier alpha value is -2.65. The van der Waals surface area contributed by atoms with Crippen LogP contribution in [0.15, 0.2) is 24.3 Å². The summed E-state index contributed by atoms with van der Waals surface area (Å²) in [6.07, 6.45) is 2.36. The number of rotatable bonds is 5. The summed E-state index contributed by atoms with van der Waals surface area (Å²) in [4.78, 5) is 0. The summed E-state index contributed by atoms with van der Waals surface area (Å²) in [6, 6.07) is 9.74. The zero-order valence-electron chi connectivity index (χ0n) is 13.9. The molecule has 0 spiro atoms. The maximum absolute atomic E-state index is 9.33. The van der Waals surface area contributed by atoms with E-state index in [9.17, 15) is 5.26 Å². The van der Waals surface area contributed by atoms with Crippen molar-refractivity contribution in [2.75, 3.05) is 18.5 Å². The first-order valence-electron chi connectivity index (χ1n) is 8.03. The third-order valence-electron chi connectivity index (χ3n) is 4.14. The lowest BCUT2D eigenvalue weighted by Crippen LogP contribution is -2.16. The highest BCUT2D eigenvalue weighted by Gasteiger charge is 2.16. The molecule has 1 aliphatic heterocycles. The van der Waals surface area contributed by atoms with Gasteiger partial charge in [0, 0.05) is 12.3 Å². The number of aromatic nitrogens is 2. The normalized spacial score (nSPS) is 16.6. The number of nitrogens with one attached hydrogen (secondary N) is 1. The molecule has 0 aliphatic carbocycles. The van der Waals surface area contributed by atoms with Crippen molar-refractivity contribution < 1.29 is 9.47 Å². The van der Waals surface area contributed by atoms with Crippen molar-refractivity contribution in [1.29, 1.82) is 5.26 Å². The molecule has 3 rings (SSSR count). The largest absolute Gasteiger partial charge is 0.491 e. The van der Waals surface area contributed by atoms with Crippen LogP contribution in [0.4, 0.5) is 11.5 Å². The van der Waals surface area contributed by atoms with Crippen LogP contribution in [0, 0.1) is 25.2 Å². The molecule has 1 fully saturated rings. The Morgan fingerprint density at radius 1 is 1.29 bits per heavy atom. The number of nitriles is 1. The molecular weight excluding hydrogens is 304 g/mol. The van der Waals surface area contributed by atoms with E-state index < -0.39 is 0 Å². The van der Waals surface area contributed by atoms with Crippen LogP contribution >= 0.6 is 0 Å². The fraction of sp³-hybridized carbons (Fsp3) is 0.389. The van der Waals surface area contributed by atoms with Gasteiger partial charge in [-0.15, -0.1) is 5.10 Å². The van der Waals surface area contributed by atoms with Gasteiger partial charge < -0.3 is 14.8 Å². The van der Waals surface area contributed by atoms with Crippen molar-refractivity contribution in [3.8, 4) is 11.8 Å². The van der Waals surface area contributed by atoms with Crippen LogP contribution in [-0.2, 0) is 4.74 Å². The number of nitrogens with zero attached hydrogens (tertiary/aromatic N) is 3. The molecule has 1 N–H and O–H groups in total. The van der Waals surface area contributed by atoms with Crippen LogP contribution < -0.4 is 10.1 Å². The number of hydrogen-bond donors (Lipinski definition) is 1. The molecule has 0 saturated carbocycles. The molecule has 1 aromatic carbocycles. The Morgan fingerprint density at radius 2 is 2.08 bits per heavy atom. The summed E-state index contributed by atoms with van der Waals surface area (Å²) < 4.78 is 11.3. The van der Waals surface area contributed by atoms with Crippen molar-refractivity contribution in [1.82, 2.24) is 10.2 Å². The highest BCUT2D eigenvalue weighted by molar-refractivity contribution is 5.64. The van der Waals surface area contributed by atoms with Crippen LogP contribution in [0.25, 0.3) is 0 Å². The van der Waals surface area contributed by atoms with E-state index in [1.54, 1.807) is 0 Å². The first-order valence-corrected chi connectivity index (χ1v) is 8.03. The third-order valence-corrected chi connectivity index (χ3v) is 4.14. The van der Waals surface area contributed by atoms with Gasteiger partial charge in [-0.1, -0.05) is 0 Å². The fourth-order valence-corrected chi connectivity index (χ4v) is 2.57. The minimum atomic E-state index is 0.201. The predicted octanol–water partition coefficient (Wildman–Crippen LogP) is 3.27. The lowest BCUT2D eigenvalue weighted by molar-refractivity contribution is 0.0679. The Bertz CT molecular complexity index is 747. The zero-order chi connectivity index (χ0) is 16.9. The number of ether oxygens (including phenoxy) is 2. The van der Waals surface area contributed by atoms with Crippen LogP contribution in [0.2, 0.25) is 0 Å². The highest BCUT2D eigenvalue weighted by atomic mass is 16.5. The van der Waals surface area contributed by atoms with E-state index in [4.69, 9.17) is 9.47 Å². The second-order valence-electron chi connectivity index (χ2n) is 5.84. The van der Waals surface area contributed by atoms with E-state index >= 15 is 0 Å². The van der Waals surface area contributed by atoms with E-state index in [1.807, 2.05) is 38.1 Å². The van der Waals surface area contributed by atoms with Crippen LogP contribution in [0.5, 0.6) is 5.75 Å². The number of hydrogen-bond acceptors (Lipinski definition) is 6. The summed E-state index contributed by atoms with van der Waals surface area (Å²) in [5, 5.41) is 20.6. The van der Waals surface area contributed by atoms with Gasteiger partial charge in [-0.25, -0.2) is 0 Å². The third kappa shape index (κ3) is 3.63. The van der Waals surface area contributed by atoms with Gasteiger partial charge in [0.05, 0.1) is 11.8 Å². The molecule has 6 nitrogen and oxygen atoms in total. The summed E-state index contributed by atoms with van der Waals surface area (Å²) >= 11 is 0. The molecule has 1 aliphatic rings. The Kier molecular flexibility index (Phi) is 4.92. The fourth-order valence-electron chi connectivity index (χ4n) is 2.57. The quantitative estimate of drug-likeness (QED) is 0.909. The molecule has 0 bridgehead atoms. The first-order chi connectivity index (χ1) is 11.7. The molecule has 1 saturated heterocycles. The van der Waals surface area contributed by atoms with Gasteiger partial charge in [0.25, 0.3) is 0 Å². The van der Waals surface area contributed by atoms with Gasteiger partial charge in [-0.3, -0.25) is 0 Å². The van der Waals surface area contributed by atoms with Crippen LogP contribution in [-0.4, -0.2) is 29.5 Å². The molecule has 0 amide bonds. The van der Waals surface area contributed by atoms with Gasteiger partial charge >= 0.3 is 0 Å². The summed E-state index contributed by atoms with van der Waals surface area (Å²) in [6.45, 7) is 5.12. The number of benzene rings is 1. The van der Waals surface area contributed by atoms with E-state index in [0.29, 0.717) is 18.0 Å². The molecule has 24 heavy (non-hydrogen) atoms. The predicted molar refractivity (Wildman–Crippen MR) is 90.4 cm³/mol. The summed E-state index contributed by atoms with van der Waals surface area (Å²) in [5.41, 5.74) is 2.94. The number of anilines is 2. The SMILES string of the molecule is Cc1nnc(Nc2ccc(OC[C@@H]3CCCO3)cc2)c(C#N)c1C. The van der Waals surface area contributed by atoms with E-state index in [2.05, 4.69) is 21.6 Å². The molecule has 6 heteroatoms. The standard InChI is InChI=1S/C18H20N4O2/c1-12-13(2)21-22-18(17(12)10-19)20-14-5-7-15(8-6-14)24-11-16-4-3-9-23-16/h5-8,16H,3-4,9,11H2,1-2H3,(H,20,22)/t16-/m0/s1. The summed E-state index contributed by atoms with van der Waals surface area (Å²) in [7, 11) is 0. The van der Waals surface area contributed by atoms with Crippen LogP contribution in [0.1, 0.15) is 29.7 Å². The lowest BCUT2D eigenvalue weighted by atomic mass is 10.1. The average molecular weight is 324 g/mol. The number of aryl methyl sites for hydroxylation is 1. The Labute approximate surface area is 141 Å². The maximum atomic E-state index is 9.33. The molecule has 2 aromatic rings. The Balaban J connectivity index is 1.66. The van der Waals surface area contributed by atoms with E-state index in [-0.39, 0.29) is 6.10 Å². The Morgan fingerprint density at radius 3 is 2.75 bits per heavy atom. The molecule has 1 aromatic heterocycles. The smallest absolute Gasteiger partial charge is 0.171 e. The minimum Gasteiger partial charge on any atom is -0.491 e.